The van der Waals surface area contributed by atoms with Gasteiger partial charge in [0.1, 0.15) is 16.5 Å². The van der Waals surface area contributed by atoms with Gasteiger partial charge in [0.15, 0.2) is 5.16 Å². The van der Waals surface area contributed by atoms with E-state index in [-0.39, 0.29) is 11.7 Å². The van der Waals surface area contributed by atoms with E-state index >= 15 is 0 Å². The molecule has 0 aliphatic heterocycles. The monoisotopic (exact) mass is 405 g/mol. The van der Waals surface area contributed by atoms with E-state index in [9.17, 15) is 4.79 Å². The number of nitrogens with one attached hydrogen (secondary N) is 1. The molecule has 3 aromatic heterocycles. The first-order valence-electron chi connectivity index (χ1n) is 8.22. The topological polar surface area (TPSA) is 93.8 Å². The molecule has 0 unspecified atom stereocenters. The zero-order chi connectivity index (χ0) is 18.1. The number of amides is 1. The summed E-state index contributed by atoms with van der Waals surface area (Å²) in [5.41, 5.74) is 7.51. The molecule has 1 aliphatic rings. The van der Waals surface area contributed by atoms with Gasteiger partial charge in [0.05, 0.1) is 16.2 Å². The number of nitrogen functional groups attached to an aromatic ring is 1. The summed E-state index contributed by atoms with van der Waals surface area (Å²) < 4.78 is 0. The molecule has 1 aliphatic carbocycles. The van der Waals surface area contributed by atoms with Crippen LogP contribution in [0.1, 0.15) is 23.3 Å². The number of thioether (sulfide) groups is 1. The summed E-state index contributed by atoms with van der Waals surface area (Å²) in [6.07, 6.45) is 6.03. The van der Waals surface area contributed by atoms with Crippen LogP contribution in [-0.4, -0.2) is 26.6 Å². The van der Waals surface area contributed by atoms with Crippen molar-refractivity contribution in [2.45, 2.75) is 30.8 Å². The second kappa shape index (κ2) is 7.38. The number of rotatable bonds is 4. The largest absolute Gasteiger partial charge is 0.383 e. The van der Waals surface area contributed by atoms with Crippen LogP contribution in [0.5, 0.6) is 0 Å². The van der Waals surface area contributed by atoms with Crippen molar-refractivity contribution in [2.75, 3.05) is 16.8 Å². The van der Waals surface area contributed by atoms with E-state index in [4.69, 9.17) is 17.3 Å². The lowest BCUT2D eigenvalue weighted by molar-refractivity contribution is -0.113. The highest BCUT2D eigenvalue weighted by molar-refractivity contribution is 7.99. The van der Waals surface area contributed by atoms with Gasteiger partial charge in [-0.25, -0.2) is 15.0 Å². The van der Waals surface area contributed by atoms with Crippen molar-refractivity contribution in [1.29, 1.82) is 0 Å². The number of fused-ring (bicyclic) bond motifs is 3. The average molecular weight is 406 g/mol. The standard InChI is InChI=1S/C17H16ClN5OS2/c18-9-5-6-12(20-7-9)21-13(24)8-25-17-22-15(19)14-10-3-1-2-4-11(10)26-16(14)23-17/h5-7H,1-4,8H2,(H2,19,22,23)(H,20,21,24). The first-order chi connectivity index (χ1) is 12.6. The zero-order valence-electron chi connectivity index (χ0n) is 13.8. The third kappa shape index (κ3) is 3.62. The highest BCUT2D eigenvalue weighted by Gasteiger charge is 2.20. The van der Waals surface area contributed by atoms with Gasteiger partial charge in [-0.1, -0.05) is 23.4 Å². The summed E-state index contributed by atoms with van der Waals surface area (Å²) >= 11 is 8.75. The summed E-state index contributed by atoms with van der Waals surface area (Å²) in [5.74, 6) is 0.969. The maximum Gasteiger partial charge on any atom is 0.236 e. The predicted molar refractivity (Wildman–Crippen MR) is 107 cm³/mol. The average Bonchev–Trinajstić information content (AvgIpc) is 3.01. The number of halogens is 1. The summed E-state index contributed by atoms with van der Waals surface area (Å²) in [5, 5.41) is 4.76. The minimum atomic E-state index is -0.183. The summed E-state index contributed by atoms with van der Waals surface area (Å²) in [6, 6.07) is 3.33. The first kappa shape index (κ1) is 17.5. The van der Waals surface area contributed by atoms with Crippen molar-refractivity contribution < 1.29 is 4.79 Å². The van der Waals surface area contributed by atoms with E-state index in [0.717, 1.165) is 23.1 Å². The quantitative estimate of drug-likeness (QED) is 0.504. The molecule has 4 rings (SSSR count). The van der Waals surface area contributed by atoms with Crippen molar-refractivity contribution in [2.24, 2.45) is 0 Å². The number of anilines is 2. The van der Waals surface area contributed by atoms with E-state index < -0.39 is 0 Å². The van der Waals surface area contributed by atoms with Crippen LogP contribution in [0, 0.1) is 0 Å². The Balaban J connectivity index is 1.47. The molecule has 9 heteroatoms. The second-order valence-corrected chi connectivity index (χ2v) is 8.44. The number of carbonyl (C=O) groups is 1. The van der Waals surface area contributed by atoms with E-state index in [1.165, 1.54) is 41.2 Å². The lowest BCUT2D eigenvalue weighted by Gasteiger charge is -2.10. The number of nitrogens with zero attached hydrogens (tertiary/aromatic N) is 3. The first-order valence-corrected chi connectivity index (χ1v) is 10.4. The normalized spacial score (nSPS) is 13.6. The summed E-state index contributed by atoms with van der Waals surface area (Å²) in [6.45, 7) is 0. The Morgan fingerprint density at radius 3 is 2.96 bits per heavy atom. The molecule has 6 nitrogen and oxygen atoms in total. The van der Waals surface area contributed by atoms with Crippen LogP contribution in [0.15, 0.2) is 23.5 Å². The molecule has 0 saturated carbocycles. The van der Waals surface area contributed by atoms with E-state index in [1.54, 1.807) is 23.5 Å². The maximum absolute atomic E-state index is 12.1. The molecule has 0 saturated heterocycles. The van der Waals surface area contributed by atoms with Gasteiger partial charge in [0, 0.05) is 11.1 Å². The molecule has 26 heavy (non-hydrogen) atoms. The van der Waals surface area contributed by atoms with Crippen LogP contribution in [0.4, 0.5) is 11.6 Å². The number of aromatic nitrogens is 3. The molecule has 134 valence electrons. The number of aryl methyl sites for hydroxylation is 2. The summed E-state index contributed by atoms with van der Waals surface area (Å²) in [7, 11) is 0. The smallest absolute Gasteiger partial charge is 0.236 e. The third-order valence-electron chi connectivity index (χ3n) is 4.15. The molecule has 3 aromatic rings. The molecule has 3 N–H and O–H groups in total. The van der Waals surface area contributed by atoms with Crippen molar-refractivity contribution >= 4 is 62.5 Å². The Morgan fingerprint density at radius 1 is 1.31 bits per heavy atom. The Kier molecular flexibility index (Phi) is 4.97. The van der Waals surface area contributed by atoms with Gasteiger partial charge in [-0.05, 0) is 43.4 Å². The highest BCUT2D eigenvalue weighted by Crippen LogP contribution is 2.38. The van der Waals surface area contributed by atoms with Gasteiger partial charge < -0.3 is 11.1 Å². The molecule has 0 atom stereocenters. The van der Waals surface area contributed by atoms with Crippen LogP contribution in [0.3, 0.4) is 0 Å². The molecule has 0 bridgehead atoms. The van der Waals surface area contributed by atoms with Crippen molar-refractivity contribution in [1.82, 2.24) is 15.0 Å². The number of thiophene rings is 1. The van der Waals surface area contributed by atoms with Crippen LogP contribution in [0.25, 0.3) is 10.2 Å². The second-order valence-electron chi connectivity index (χ2n) is 5.98. The predicted octanol–water partition coefficient (Wildman–Crippen LogP) is 3.93. The van der Waals surface area contributed by atoms with E-state index in [0.29, 0.717) is 21.8 Å². The van der Waals surface area contributed by atoms with Gasteiger partial charge >= 0.3 is 0 Å². The van der Waals surface area contributed by atoms with Crippen LogP contribution < -0.4 is 11.1 Å². The molecular formula is C17H16ClN5OS2. The minimum Gasteiger partial charge on any atom is -0.383 e. The molecule has 0 radical (unpaired) electrons. The number of nitrogens with two attached hydrogens (primary N) is 1. The lowest BCUT2D eigenvalue weighted by Crippen LogP contribution is -2.15. The van der Waals surface area contributed by atoms with Crippen molar-refractivity contribution in [3.63, 3.8) is 0 Å². The fourth-order valence-corrected chi connectivity index (χ4v) is 5.08. The van der Waals surface area contributed by atoms with Gasteiger partial charge in [-0.15, -0.1) is 11.3 Å². The van der Waals surface area contributed by atoms with Gasteiger partial charge in [0.2, 0.25) is 5.91 Å². The van der Waals surface area contributed by atoms with E-state index in [1.807, 2.05) is 0 Å². The fraction of sp³-hybridized carbons (Fsp3) is 0.294. The Hall–Kier alpha value is -1.90. The molecule has 3 heterocycles. The van der Waals surface area contributed by atoms with Gasteiger partial charge in [0.25, 0.3) is 0 Å². The molecule has 0 spiro atoms. The number of hydrogen-bond donors (Lipinski definition) is 2. The zero-order valence-corrected chi connectivity index (χ0v) is 16.2. The molecular weight excluding hydrogens is 390 g/mol. The van der Waals surface area contributed by atoms with Crippen LogP contribution >= 0.6 is 34.7 Å². The van der Waals surface area contributed by atoms with Gasteiger partial charge in [-0.2, -0.15) is 0 Å². The SMILES string of the molecule is Nc1nc(SCC(=O)Nc2ccc(Cl)cn2)nc2sc3c(c12)CCCC3. The van der Waals surface area contributed by atoms with Crippen LogP contribution in [-0.2, 0) is 17.6 Å². The molecule has 0 aromatic carbocycles. The Morgan fingerprint density at radius 2 is 2.15 bits per heavy atom. The van der Waals surface area contributed by atoms with Crippen molar-refractivity contribution in [3.05, 3.63) is 33.8 Å². The third-order valence-corrected chi connectivity index (χ3v) is 6.41. The molecule has 1 amide bonds. The highest BCUT2D eigenvalue weighted by atomic mass is 35.5. The summed E-state index contributed by atoms with van der Waals surface area (Å²) in [4.78, 5) is 27.4. The Bertz CT molecular complexity index is 973. The minimum absolute atomic E-state index is 0.181. The van der Waals surface area contributed by atoms with E-state index in [2.05, 4.69) is 20.3 Å². The Labute approximate surface area is 163 Å². The molecule has 0 fully saturated rings. The van der Waals surface area contributed by atoms with Gasteiger partial charge in [-0.3, -0.25) is 4.79 Å². The number of carbonyl (C=O) groups excluding carboxylic acids is 1. The van der Waals surface area contributed by atoms with Crippen molar-refractivity contribution in [3.8, 4) is 0 Å². The maximum atomic E-state index is 12.1. The number of pyridine rings is 1. The van der Waals surface area contributed by atoms with Crippen LogP contribution in [0.2, 0.25) is 5.02 Å². The lowest BCUT2D eigenvalue weighted by atomic mass is 9.97. The fourth-order valence-electron chi connectivity index (χ4n) is 2.99. The number of hydrogen-bond acceptors (Lipinski definition) is 7.